The van der Waals surface area contributed by atoms with Crippen LogP contribution in [0.3, 0.4) is 0 Å². The Morgan fingerprint density at radius 2 is 2.22 bits per heavy atom. The number of hydrogen-bond acceptors (Lipinski definition) is 5. The second-order valence-corrected chi connectivity index (χ2v) is 6.70. The van der Waals surface area contributed by atoms with Crippen molar-refractivity contribution in [2.24, 2.45) is 11.7 Å². The first kappa shape index (κ1) is 16.1. The Hall–Kier alpha value is -1.76. The van der Waals surface area contributed by atoms with E-state index in [1.807, 2.05) is 36.6 Å². The van der Waals surface area contributed by atoms with E-state index in [-0.39, 0.29) is 11.8 Å². The molecule has 3 rings (SSSR count). The largest absolute Gasteiger partial charge is 0.381 e. The SMILES string of the molecule is Cc1csc(-c2cccc(NC(=O)C(N)C3CCOCC3)c2)n1. The van der Waals surface area contributed by atoms with Crippen LogP contribution >= 0.6 is 11.3 Å². The van der Waals surface area contributed by atoms with E-state index in [1.165, 1.54) is 0 Å². The molecule has 1 fully saturated rings. The predicted molar refractivity (Wildman–Crippen MR) is 92.4 cm³/mol. The van der Waals surface area contributed by atoms with Gasteiger partial charge in [0.2, 0.25) is 5.91 Å². The lowest BCUT2D eigenvalue weighted by Gasteiger charge is -2.26. The van der Waals surface area contributed by atoms with Crippen LogP contribution in [-0.4, -0.2) is 30.1 Å². The minimum atomic E-state index is -0.496. The molecule has 1 unspecified atom stereocenters. The summed E-state index contributed by atoms with van der Waals surface area (Å²) in [6.07, 6.45) is 1.68. The van der Waals surface area contributed by atoms with Gasteiger partial charge in [-0.05, 0) is 37.8 Å². The zero-order valence-electron chi connectivity index (χ0n) is 13.1. The number of nitrogens with zero attached hydrogens (tertiary/aromatic N) is 1. The number of carbonyl (C=O) groups excluding carboxylic acids is 1. The summed E-state index contributed by atoms with van der Waals surface area (Å²) in [5, 5.41) is 5.89. The maximum atomic E-state index is 12.4. The molecule has 1 aromatic carbocycles. The molecule has 0 spiro atoms. The van der Waals surface area contributed by atoms with E-state index in [0.29, 0.717) is 13.2 Å². The summed E-state index contributed by atoms with van der Waals surface area (Å²) in [7, 11) is 0. The lowest BCUT2D eigenvalue weighted by Crippen LogP contribution is -2.44. The van der Waals surface area contributed by atoms with Crippen molar-refractivity contribution in [2.45, 2.75) is 25.8 Å². The van der Waals surface area contributed by atoms with E-state index in [4.69, 9.17) is 10.5 Å². The summed E-state index contributed by atoms with van der Waals surface area (Å²) < 4.78 is 5.32. The molecule has 1 aliphatic heterocycles. The fourth-order valence-corrected chi connectivity index (χ4v) is 3.53. The summed E-state index contributed by atoms with van der Waals surface area (Å²) in [6, 6.07) is 7.23. The van der Waals surface area contributed by atoms with Crippen molar-refractivity contribution in [1.29, 1.82) is 0 Å². The van der Waals surface area contributed by atoms with Crippen LogP contribution in [0.15, 0.2) is 29.6 Å². The molecule has 1 amide bonds. The third-order valence-corrected chi connectivity index (χ3v) is 5.08. The molecule has 122 valence electrons. The van der Waals surface area contributed by atoms with Gasteiger partial charge < -0.3 is 15.8 Å². The van der Waals surface area contributed by atoms with E-state index in [2.05, 4.69) is 10.3 Å². The van der Waals surface area contributed by atoms with Gasteiger partial charge in [0, 0.05) is 35.5 Å². The number of aryl methyl sites for hydroxylation is 1. The predicted octanol–water partition coefficient (Wildman–Crippen LogP) is 2.81. The number of ether oxygens (including phenoxy) is 1. The van der Waals surface area contributed by atoms with Gasteiger partial charge in [0.25, 0.3) is 0 Å². The van der Waals surface area contributed by atoms with Crippen LogP contribution in [0.25, 0.3) is 10.6 Å². The number of carbonyl (C=O) groups is 1. The summed E-state index contributed by atoms with van der Waals surface area (Å²) in [5.74, 6) is 0.0536. The normalized spacial score (nSPS) is 17.0. The van der Waals surface area contributed by atoms with Crippen LogP contribution in [0.5, 0.6) is 0 Å². The van der Waals surface area contributed by atoms with Crippen LogP contribution in [-0.2, 0) is 9.53 Å². The van der Waals surface area contributed by atoms with Gasteiger partial charge in [-0.15, -0.1) is 11.3 Å². The monoisotopic (exact) mass is 331 g/mol. The Labute approximate surface area is 139 Å². The highest BCUT2D eigenvalue weighted by Gasteiger charge is 2.26. The Balaban J connectivity index is 1.68. The molecule has 6 heteroatoms. The van der Waals surface area contributed by atoms with E-state index in [9.17, 15) is 4.79 Å². The number of hydrogen-bond donors (Lipinski definition) is 2. The Bertz CT molecular complexity index is 680. The highest BCUT2D eigenvalue weighted by Crippen LogP contribution is 2.26. The van der Waals surface area contributed by atoms with Crippen molar-refractivity contribution < 1.29 is 9.53 Å². The number of anilines is 1. The van der Waals surface area contributed by atoms with Crippen molar-refractivity contribution in [3.8, 4) is 10.6 Å². The van der Waals surface area contributed by atoms with Crippen LogP contribution in [0.4, 0.5) is 5.69 Å². The Morgan fingerprint density at radius 3 is 2.91 bits per heavy atom. The van der Waals surface area contributed by atoms with Gasteiger partial charge in [-0.3, -0.25) is 4.79 Å². The maximum Gasteiger partial charge on any atom is 0.241 e. The molecule has 2 heterocycles. The first-order valence-corrected chi connectivity index (χ1v) is 8.68. The quantitative estimate of drug-likeness (QED) is 0.903. The molecule has 3 N–H and O–H groups in total. The number of aromatic nitrogens is 1. The Morgan fingerprint density at radius 1 is 1.43 bits per heavy atom. The molecular weight excluding hydrogens is 310 g/mol. The molecule has 0 saturated carbocycles. The smallest absolute Gasteiger partial charge is 0.241 e. The zero-order valence-corrected chi connectivity index (χ0v) is 13.9. The number of benzene rings is 1. The maximum absolute atomic E-state index is 12.4. The van der Waals surface area contributed by atoms with Gasteiger partial charge >= 0.3 is 0 Å². The van der Waals surface area contributed by atoms with Crippen molar-refractivity contribution in [3.05, 3.63) is 35.3 Å². The fraction of sp³-hybridized carbons (Fsp3) is 0.412. The number of amides is 1. The number of rotatable bonds is 4. The fourth-order valence-electron chi connectivity index (χ4n) is 2.73. The number of thiazole rings is 1. The van der Waals surface area contributed by atoms with Crippen molar-refractivity contribution in [1.82, 2.24) is 4.98 Å². The van der Waals surface area contributed by atoms with Crippen LogP contribution < -0.4 is 11.1 Å². The first-order chi connectivity index (χ1) is 11.1. The van der Waals surface area contributed by atoms with E-state index >= 15 is 0 Å². The van der Waals surface area contributed by atoms with Gasteiger partial charge in [-0.1, -0.05) is 12.1 Å². The molecular formula is C17H21N3O2S. The number of nitrogens with two attached hydrogens (primary N) is 1. The van der Waals surface area contributed by atoms with Gasteiger partial charge in [0.05, 0.1) is 6.04 Å². The molecule has 0 bridgehead atoms. The van der Waals surface area contributed by atoms with E-state index in [1.54, 1.807) is 11.3 Å². The minimum absolute atomic E-state index is 0.135. The zero-order chi connectivity index (χ0) is 16.2. The topological polar surface area (TPSA) is 77.2 Å². The molecule has 5 nitrogen and oxygen atoms in total. The molecule has 1 saturated heterocycles. The molecule has 1 aliphatic rings. The highest BCUT2D eigenvalue weighted by molar-refractivity contribution is 7.13. The Kier molecular flexibility index (Phi) is 5.05. The third kappa shape index (κ3) is 3.96. The molecule has 1 aromatic heterocycles. The minimum Gasteiger partial charge on any atom is -0.381 e. The van der Waals surface area contributed by atoms with Gasteiger partial charge in [-0.25, -0.2) is 4.98 Å². The van der Waals surface area contributed by atoms with Crippen molar-refractivity contribution >= 4 is 22.9 Å². The number of nitrogens with one attached hydrogen (secondary N) is 1. The summed E-state index contributed by atoms with van der Waals surface area (Å²) in [6.45, 7) is 3.34. The average molecular weight is 331 g/mol. The summed E-state index contributed by atoms with van der Waals surface area (Å²) in [5.41, 5.74) is 8.87. The average Bonchev–Trinajstić information content (AvgIpc) is 3.02. The summed E-state index contributed by atoms with van der Waals surface area (Å²) >= 11 is 1.60. The van der Waals surface area contributed by atoms with E-state index < -0.39 is 6.04 Å². The molecule has 0 aliphatic carbocycles. The van der Waals surface area contributed by atoms with Crippen LogP contribution in [0.1, 0.15) is 18.5 Å². The highest BCUT2D eigenvalue weighted by atomic mass is 32.1. The second-order valence-electron chi connectivity index (χ2n) is 5.84. The van der Waals surface area contributed by atoms with Gasteiger partial charge in [0.1, 0.15) is 5.01 Å². The third-order valence-electron chi connectivity index (χ3n) is 4.07. The second kappa shape index (κ2) is 7.21. The summed E-state index contributed by atoms with van der Waals surface area (Å²) in [4.78, 5) is 16.9. The lowest BCUT2D eigenvalue weighted by atomic mass is 9.92. The van der Waals surface area contributed by atoms with Gasteiger partial charge in [0.15, 0.2) is 0 Å². The standard InChI is InChI=1S/C17H21N3O2S/c1-11-10-23-17(19-11)13-3-2-4-14(9-13)20-16(21)15(18)12-5-7-22-8-6-12/h2-4,9-10,12,15H,5-8,18H2,1H3,(H,20,21). The lowest BCUT2D eigenvalue weighted by molar-refractivity contribution is -0.119. The van der Waals surface area contributed by atoms with Crippen LogP contribution in [0, 0.1) is 12.8 Å². The molecule has 0 radical (unpaired) electrons. The molecule has 23 heavy (non-hydrogen) atoms. The molecule has 1 atom stereocenters. The van der Waals surface area contributed by atoms with Gasteiger partial charge in [-0.2, -0.15) is 0 Å². The van der Waals surface area contributed by atoms with Crippen molar-refractivity contribution in [3.63, 3.8) is 0 Å². The van der Waals surface area contributed by atoms with E-state index in [0.717, 1.165) is 34.8 Å². The molecule has 2 aromatic rings. The first-order valence-electron chi connectivity index (χ1n) is 7.80. The van der Waals surface area contributed by atoms with Crippen molar-refractivity contribution in [2.75, 3.05) is 18.5 Å². The van der Waals surface area contributed by atoms with Crippen LogP contribution in [0.2, 0.25) is 0 Å².